The highest BCUT2D eigenvalue weighted by atomic mass is 19.4. The van der Waals surface area contributed by atoms with Crippen molar-refractivity contribution < 1.29 is 18.0 Å². The molecule has 73 valence electrons. The van der Waals surface area contributed by atoms with Gasteiger partial charge in [-0.25, -0.2) is 5.32 Å². The second-order valence-corrected chi connectivity index (χ2v) is 2.98. The third-order valence-electron chi connectivity index (χ3n) is 2.03. The molecule has 0 saturated carbocycles. The summed E-state index contributed by atoms with van der Waals surface area (Å²) in [6.07, 6.45) is -4.66. The van der Waals surface area contributed by atoms with Crippen LogP contribution in [-0.4, -0.2) is 5.91 Å². The number of amides is 1. The summed E-state index contributed by atoms with van der Waals surface area (Å²) < 4.78 is 37.3. The molecule has 2 nitrogen and oxygen atoms in total. The lowest BCUT2D eigenvalue weighted by molar-refractivity contribution is -0.138. The molecule has 1 aromatic rings. The lowest BCUT2D eigenvalue weighted by Crippen LogP contribution is -2.08. The molecule has 0 saturated heterocycles. The second kappa shape index (κ2) is 2.73. The summed E-state index contributed by atoms with van der Waals surface area (Å²) in [6.45, 7) is 0. The fourth-order valence-electron chi connectivity index (χ4n) is 1.46. The van der Waals surface area contributed by atoms with E-state index in [4.69, 9.17) is 0 Å². The normalized spacial score (nSPS) is 15.2. The number of hydrogen-bond acceptors (Lipinski definition) is 1. The maximum Gasteiger partial charge on any atom is 0.416 e. The summed E-state index contributed by atoms with van der Waals surface area (Å²) in [5, 5.41) is 3.49. The topological polar surface area (TPSA) is 31.2 Å². The first kappa shape index (κ1) is 9.05. The van der Waals surface area contributed by atoms with E-state index in [1.165, 1.54) is 12.1 Å². The number of alkyl halides is 3. The van der Waals surface area contributed by atoms with Gasteiger partial charge in [0.25, 0.3) is 5.91 Å². The molecular formula is C9H5F3NO. The van der Waals surface area contributed by atoms with Crippen molar-refractivity contribution >= 4 is 11.6 Å². The van der Waals surface area contributed by atoms with Crippen molar-refractivity contribution in [2.45, 2.75) is 12.6 Å². The zero-order valence-electron chi connectivity index (χ0n) is 6.93. The predicted octanol–water partition coefficient (Wildman–Crippen LogP) is 2.02. The Kier molecular flexibility index (Phi) is 1.77. The van der Waals surface area contributed by atoms with Crippen LogP contribution in [0.1, 0.15) is 11.1 Å². The van der Waals surface area contributed by atoms with Crippen molar-refractivity contribution in [1.82, 2.24) is 5.32 Å². The van der Waals surface area contributed by atoms with E-state index in [0.717, 1.165) is 6.07 Å². The number of carbonyl (C=O) groups is 1. The van der Waals surface area contributed by atoms with E-state index in [0.29, 0.717) is 0 Å². The SMILES string of the molecule is O=C1Cc2c(cccc2C(F)(F)F)[N]1. The molecule has 1 heterocycles. The fraction of sp³-hybridized carbons (Fsp3) is 0.222. The first-order valence-corrected chi connectivity index (χ1v) is 3.92. The highest BCUT2D eigenvalue weighted by molar-refractivity contribution is 5.90. The lowest BCUT2D eigenvalue weighted by Gasteiger charge is -2.09. The summed E-state index contributed by atoms with van der Waals surface area (Å²) in [7, 11) is 0. The average molecular weight is 200 g/mol. The molecule has 0 N–H and O–H groups in total. The van der Waals surface area contributed by atoms with Crippen molar-refractivity contribution in [3.05, 3.63) is 29.3 Å². The van der Waals surface area contributed by atoms with Gasteiger partial charge in [-0.15, -0.1) is 0 Å². The maximum atomic E-state index is 12.4. The van der Waals surface area contributed by atoms with Crippen LogP contribution < -0.4 is 5.32 Å². The van der Waals surface area contributed by atoms with Crippen molar-refractivity contribution in [1.29, 1.82) is 0 Å². The first-order valence-electron chi connectivity index (χ1n) is 3.92. The molecule has 2 rings (SSSR count). The van der Waals surface area contributed by atoms with Crippen LogP contribution >= 0.6 is 0 Å². The molecule has 1 aliphatic rings. The Bertz CT molecular complexity index is 398. The van der Waals surface area contributed by atoms with Crippen molar-refractivity contribution in [2.24, 2.45) is 0 Å². The number of halogens is 3. The Hall–Kier alpha value is -1.52. The van der Waals surface area contributed by atoms with Crippen LogP contribution in [0.5, 0.6) is 0 Å². The largest absolute Gasteiger partial charge is 0.416 e. The summed E-state index contributed by atoms with van der Waals surface area (Å²) in [5.41, 5.74) is -0.626. The molecule has 14 heavy (non-hydrogen) atoms. The average Bonchev–Trinajstić information content (AvgIpc) is 2.41. The van der Waals surface area contributed by atoms with Gasteiger partial charge in [0.1, 0.15) is 0 Å². The molecule has 1 aromatic carbocycles. The Morgan fingerprint density at radius 2 is 2.00 bits per heavy atom. The summed E-state index contributed by atoms with van der Waals surface area (Å²) in [4.78, 5) is 10.8. The van der Waals surface area contributed by atoms with E-state index in [1.54, 1.807) is 0 Å². The molecular weight excluding hydrogens is 195 g/mol. The van der Waals surface area contributed by atoms with Crippen LogP contribution in [0.2, 0.25) is 0 Å². The smallest absolute Gasteiger partial charge is 0.272 e. The van der Waals surface area contributed by atoms with Gasteiger partial charge in [0, 0.05) is 0 Å². The molecule has 1 radical (unpaired) electrons. The molecule has 0 bridgehead atoms. The molecule has 0 spiro atoms. The monoisotopic (exact) mass is 200 g/mol. The lowest BCUT2D eigenvalue weighted by atomic mass is 10.0. The number of carbonyl (C=O) groups excluding carboxylic acids is 1. The fourth-order valence-corrected chi connectivity index (χ4v) is 1.46. The Morgan fingerprint density at radius 1 is 1.29 bits per heavy atom. The molecule has 0 aromatic heterocycles. The van der Waals surface area contributed by atoms with E-state index in [1.807, 2.05) is 0 Å². The molecule has 0 fully saturated rings. The zero-order chi connectivity index (χ0) is 10.3. The van der Waals surface area contributed by atoms with Crippen LogP contribution in [0.25, 0.3) is 0 Å². The van der Waals surface area contributed by atoms with Crippen LogP contribution in [0.3, 0.4) is 0 Å². The number of rotatable bonds is 0. The van der Waals surface area contributed by atoms with Crippen molar-refractivity contribution in [3.8, 4) is 0 Å². The maximum absolute atomic E-state index is 12.4. The van der Waals surface area contributed by atoms with Gasteiger partial charge < -0.3 is 0 Å². The van der Waals surface area contributed by atoms with Crippen LogP contribution in [0, 0.1) is 0 Å². The number of benzene rings is 1. The van der Waals surface area contributed by atoms with E-state index in [2.05, 4.69) is 5.32 Å². The minimum Gasteiger partial charge on any atom is -0.272 e. The highest BCUT2D eigenvalue weighted by Crippen LogP contribution is 2.37. The van der Waals surface area contributed by atoms with Gasteiger partial charge in [0.15, 0.2) is 0 Å². The summed E-state index contributed by atoms with van der Waals surface area (Å²) in [6, 6.07) is 3.63. The summed E-state index contributed by atoms with van der Waals surface area (Å²) >= 11 is 0. The van der Waals surface area contributed by atoms with Gasteiger partial charge in [-0.1, -0.05) is 6.07 Å². The molecule has 0 atom stereocenters. The molecule has 5 heteroatoms. The zero-order valence-corrected chi connectivity index (χ0v) is 6.93. The van der Waals surface area contributed by atoms with Crippen LogP contribution in [0.4, 0.5) is 18.9 Å². The minimum atomic E-state index is -4.41. The third kappa shape index (κ3) is 1.34. The molecule has 0 unspecified atom stereocenters. The quantitative estimate of drug-likeness (QED) is 0.630. The molecule has 1 amide bonds. The third-order valence-corrected chi connectivity index (χ3v) is 2.03. The van der Waals surface area contributed by atoms with Gasteiger partial charge in [0.2, 0.25) is 0 Å². The van der Waals surface area contributed by atoms with E-state index < -0.39 is 17.6 Å². The molecule has 0 aliphatic carbocycles. The number of hydrogen-bond donors (Lipinski definition) is 0. The number of fused-ring (bicyclic) bond motifs is 1. The number of nitrogens with zero attached hydrogens (tertiary/aromatic N) is 1. The Morgan fingerprint density at radius 3 is 2.64 bits per heavy atom. The van der Waals surface area contributed by atoms with E-state index in [9.17, 15) is 18.0 Å². The second-order valence-electron chi connectivity index (χ2n) is 2.98. The first-order chi connectivity index (χ1) is 6.48. The van der Waals surface area contributed by atoms with E-state index in [-0.39, 0.29) is 17.7 Å². The summed E-state index contributed by atoms with van der Waals surface area (Å²) in [5.74, 6) is -0.517. The van der Waals surface area contributed by atoms with Crippen molar-refractivity contribution in [2.75, 3.05) is 0 Å². The minimum absolute atomic E-state index is 0.00926. The molecule has 1 aliphatic heterocycles. The Labute approximate surface area is 77.7 Å². The van der Waals surface area contributed by atoms with E-state index >= 15 is 0 Å². The van der Waals surface area contributed by atoms with Gasteiger partial charge in [-0.3, -0.25) is 4.79 Å². The van der Waals surface area contributed by atoms with Gasteiger partial charge in [0.05, 0.1) is 17.7 Å². The Balaban J connectivity index is 2.55. The van der Waals surface area contributed by atoms with Crippen molar-refractivity contribution in [3.63, 3.8) is 0 Å². The standard InChI is InChI=1S/C9H5F3NO/c10-9(11,12)6-2-1-3-7-5(6)4-8(14)13-7/h1-3H,4H2. The van der Waals surface area contributed by atoms with Crippen LogP contribution in [-0.2, 0) is 17.4 Å². The van der Waals surface area contributed by atoms with Gasteiger partial charge >= 0.3 is 6.18 Å². The van der Waals surface area contributed by atoms with Gasteiger partial charge in [-0.05, 0) is 17.7 Å². The predicted molar refractivity (Wildman–Crippen MR) is 41.9 cm³/mol. The van der Waals surface area contributed by atoms with Gasteiger partial charge in [-0.2, -0.15) is 13.2 Å². The highest BCUT2D eigenvalue weighted by Gasteiger charge is 2.37. The van der Waals surface area contributed by atoms with Crippen LogP contribution in [0.15, 0.2) is 18.2 Å².